The maximum absolute atomic E-state index is 11.7. The molecule has 8 heteroatoms. The van der Waals surface area contributed by atoms with Gasteiger partial charge in [-0.15, -0.1) is 0 Å². The Kier molecular flexibility index (Phi) is 5.16. The minimum atomic E-state index is -3.48. The molecule has 0 aliphatic rings. The Labute approximate surface area is 136 Å². The number of anilines is 1. The van der Waals surface area contributed by atoms with Gasteiger partial charge >= 0.3 is 0 Å². The molecule has 2 aromatic heterocycles. The van der Waals surface area contributed by atoms with Crippen LogP contribution in [0.5, 0.6) is 0 Å². The number of sulfone groups is 1. The minimum Gasteiger partial charge on any atom is -0.372 e. The molecule has 0 radical (unpaired) electrons. The van der Waals surface area contributed by atoms with E-state index >= 15 is 0 Å². The zero-order valence-corrected chi connectivity index (χ0v) is 14.8. The van der Waals surface area contributed by atoms with Crippen molar-refractivity contribution in [2.75, 3.05) is 18.2 Å². The fourth-order valence-corrected chi connectivity index (χ4v) is 2.64. The molecule has 0 aliphatic heterocycles. The smallest absolute Gasteiger partial charge is 0.247 e. The van der Waals surface area contributed by atoms with E-state index in [1.807, 2.05) is 33.8 Å². The molecule has 0 amide bonds. The number of aromatic nitrogens is 3. The molecule has 0 spiro atoms. The third-order valence-corrected chi connectivity index (χ3v) is 4.01. The first-order valence-electron chi connectivity index (χ1n) is 7.48. The number of nitrogens with one attached hydrogen (secondary N) is 1. The van der Waals surface area contributed by atoms with Crippen molar-refractivity contribution in [2.45, 2.75) is 45.0 Å². The molecule has 0 unspecified atom stereocenters. The predicted molar refractivity (Wildman–Crippen MR) is 89.2 cm³/mol. The highest BCUT2D eigenvalue weighted by atomic mass is 32.2. The van der Waals surface area contributed by atoms with Crippen LogP contribution in [0, 0.1) is 0 Å². The molecule has 0 aromatic carbocycles. The topological polar surface area (TPSA) is 94.1 Å². The lowest BCUT2D eigenvalue weighted by molar-refractivity contribution is 0.0736. The third-order valence-electron chi connectivity index (χ3n) is 3.15. The highest BCUT2D eigenvalue weighted by Gasteiger charge is 2.17. The number of ether oxygens (including phenoxy) is 1. The quantitative estimate of drug-likeness (QED) is 0.808. The van der Waals surface area contributed by atoms with Gasteiger partial charge in [-0.25, -0.2) is 23.4 Å². The van der Waals surface area contributed by atoms with Gasteiger partial charge in [-0.05, 0) is 33.8 Å². The molecule has 2 aromatic rings. The number of nitrogens with zero attached hydrogens (tertiary/aromatic N) is 3. The number of rotatable bonds is 6. The van der Waals surface area contributed by atoms with Crippen LogP contribution in [0.2, 0.25) is 0 Å². The van der Waals surface area contributed by atoms with Gasteiger partial charge in [-0.1, -0.05) is 0 Å². The lowest BCUT2D eigenvalue weighted by atomic mass is 10.2. The summed E-state index contributed by atoms with van der Waals surface area (Å²) in [4.78, 5) is 12.7. The standard InChI is InChI=1S/C15H22N4O3S/c1-6-22-10(4)12-7-11-8-16-15(23(5,20)21)19-13(11)14(18-12)17-9(2)3/h7-10H,6H2,1-5H3,(H,17,18)/t10-/m1/s1. The highest BCUT2D eigenvalue weighted by molar-refractivity contribution is 7.90. The van der Waals surface area contributed by atoms with E-state index in [1.165, 1.54) is 6.20 Å². The Hall–Kier alpha value is -1.80. The van der Waals surface area contributed by atoms with E-state index in [0.29, 0.717) is 17.9 Å². The van der Waals surface area contributed by atoms with Gasteiger partial charge in [0.15, 0.2) is 5.82 Å². The molecule has 2 heterocycles. The number of hydrogen-bond acceptors (Lipinski definition) is 7. The summed E-state index contributed by atoms with van der Waals surface area (Å²) in [6, 6.07) is 1.95. The van der Waals surface area contributed by atoms with Crippen molar-refractivity contribution < 1.29 is 13.2 Å². The van der Waals surface area contributed by atoms with E-state index in [-0.39, 0.29) is 17.3 Å². The van der Waals surface area contributed by atoms with Crippen molar-refractivity contribution >= 4 is 26.6 Å². The van der Waals surface area contributed by atoms with E-state index in [2.05, 4.69) is 20.3 Å². The van der Waals surface area contributed by atoms with Crippen LogP contribution < -0.4 is 5.32 Å². The first kappa shape index (κ1) is 17.6. The summed E-state index contributed by atoms with van der Waals surface area (Å²) >= 11 is 0. The lowest BCUT2D eigenvalue weighted by Gasteiger charge is -2.16. The summed E-state index contributed by atoms with van der Waals surface area (Å²) in [6.07, 6.45) is 2.42. The molecule has 126 valence electrons. The first-order valence-corrected chi connectivity index (χ1v) is 9.37. The highest BCUT2D eigenvalue weighted by Crippen LogP contribution is 2.26. The van der Waals surface area contributed by atoms with Crippen molar-refractivity contribution in [1.29, 1.82) is 0 Å². The van der Waals surface area contributed by atoms with E-state index in [4.69, 9.17) is 4.74 Å². The molecule has 7 nitrogen and oxygen atoms in total. The summed E-state index contributed by atoms with van der Waals surface area (Å²) in [5.74, 6) is 0.534. The molecule has 0 saturated heterocycles. The van der Waals surface area contributed by atoms with Crippen LogP contribution in [-0.4, -0.2) is 42.3 Å². The summed E-state index contributed by atoms with van der Waals surface area (Å²) in [6.45, 7) is 8.38. The van der Waals surface area contributed by atoms with Crippen molar-refractivity contribution in [3.8, 4) is 0 Å². The average Bonchev–Trinajstić information content (AvgIpc) is 2.45. The van der Waals surface area contributed by atoms with Crippen LogP contribution in [0.15, 0.2) is 17.4 Å². The Bertz CT molecular complexity index is 806. The maximum Gasteiger partial charge on any atom is 0.247 e. The van der Waals surface area contributed by atoms with Crippen molar-refractivity contribution in [2.24, 2.45) is 0 Å². The molecular weight excluding hydrogens is 316 g/mol. The van der Waals surface area contributed by atoms with Crippen molar-refractivity contribution in [3.63, 3.8) is 0 Å². The van der Waals surface area contributed by atoms with Gasteiger partial charge < -0.3 is 10.1 Å². The molecule has 0 fully saturated rings. The lowest BCUT2D eigenvalue weighted by Crippen LogP contribution is -2.14. The predicted octanol–water partition coefficient (Wildman–Crippen LogP) is 2.35. The number of hydrogen-bond donors (Lipinski definition) is 1. The normalized spacial score (nSPS) is 13.5. The Morgan fingerprint density at radius 3 is 2.52 bits per heavy atom. The Morgan fingerprint density at radius 1 is 1.26 bits per heavy atom. The SMILES string of the molecule is CCO[C@H](C)c1cc2cnc(S(C)(=O)=O)nc2c(NC(C)C)n1. The van der Waals surface area contributed by atoms with Crippen molar-refractivity contribution in [3.05, 3.63) is 18.0 Å². The fourth-order valence-electron chi connectivity index (χ4n) is 2.14. The number of fused-ring (bicyclic) bond motifs is 1. The second-order valence-electron chi connectivity index (χ2n) is 5.65. The van der Waals surface area contributed by atoms with E-state index in [0.717, 1.165) is 17.3 Å². The zero-order chi connectivity index (χ0) is 17.2. The van der Waals surface area contributed by atoms with Crippen LogP contribution in [0.4, 0.5) is 5.82 Å². The molecule has 0 saturated carbocycles. The van der Waals surface area contributed by atoms with Gasteiger partial charge in [-0.3, -0.25) is 0 Å². The largest absolute Gasteiger partial charge is 0.372 e. The van der Waals surface area contributed by atoms with Crippen LogP contribution in [0.25, 0.3) is 10.9 Å². The maximum atomic E-state index is 11.7. The van der Waals surface area contributed by atoms with Gasteiger partial charge in [0.05, 0.1) is 11.8 Å². The molecule has 1 N–H and O–H groups in total. The van der Waals surface area contributed by atoms with Crippen LogP contribution in [0.1, 0.15) is 39.5 Å². The van der Waals surface area contributed by atoms with Crippen LogP contribution in [-0.2, 0) is 14.6 Å². The molecule has 23 heavy (non-hydrogen) atoms. The number of pyridine rings is 1. The van der Waals surface area contributed by atoms with Crippen molar-refractivity contribution in [1.82, 2.24) is 15.0 Å². The summed E-state index contributed by atoms with van der Waals surface area (Å²) in [5.41, 5.74) is 1.24. The Morgan fingerprint density at radius 2 is 1.96 bits per heavy atom. The van der Waals surface area contributed by atoms with Crippen LogP contribution >= 0.6 is 0 Å². The van der Waals surface area contributed by atoms with Gasteiger partial charge in [0.1, 0.15) is 5.52 Å². The zero-order valence-electron chi connectivity index (χ0n) is 14.0. The summed E-state index contributed by atoms with van der Waals surface area (Å²) in [5, 5.41) is 3.73. The third kappa shape index (κ3) is 4.14. The second kappa shape index (κ2) is 6.76. The minimum absolute atomic E-state index is 0.125. The average molecular weight is 338 g/mol. The summed E-state index contributed by atoms with van der Waals surface area (Å²) in [7, 11) is -3.48. The molecular formula is C15H22N4O3S. The molecule has 0 bridgehead atoms. The van der Waals surface area contributed by atoms with Gasteiger partial charge in [0, 0.05) is 30.5 Å². The second-order valence-corrected chi connectivity index (χ2v) is 7.56. The van der Waals surface area contributed by atoms with Crippen LogP contribution in [0.3, 0.4) is 0 Å². The van der Waals surface area contributed by atoms with E-state index in [1.54, 1.807) is 0 Å². The molecule has 2 rings (SSSR count). The van der Waals surface area contributed by atoms with E-state index in [9.17, 15) is 8.42 Å². The molecule has 1 atom stereocenters. The Balaban J connectivity index is 2.65. The van der Waals surface area contributed by atoms with Gasteiger partial charge in [0.2, 0.25) is 15.0 Å². The van der Waals surface area contributed by atoms with Gasteiger partial charge in [0.25, 0.3) is 0 Å². The molecule has 0 aliphatic carbocycles. The van der Waals surface area contributed by atoms with E-state index < -0.39 is 9.84 Å². The summed E-state index contributed by atoms with van der Waals surface area (Å²) < 4.78 is 29.0. The fraction of sp³-hybridized carbons (Fsp3) is 0.533. The monoisotopic (exact) mass is 338 g/mol. The first-order chi connectivity index (χ1) is 10.7. The van der Waals surface area contributed by atoms with Gasteiger partial charge in [-0.2, -0.15) is 0 Å².